The third kappa shape index (κ3) is 1.78. The summed E-state index contributed by atoms with van der Waals surface area (Å²) in [5.41, 5.74) is 1.55. The molecule has 96 valence electrons. The van der Waals surface area contributed by atoms with Gasteiger partial charge in [-0.25, -0.2) is 0 Å². The number of hydrogen-bond acceptors (Lipinski definition) is 5. The summed E-state index contributed by atoms with van der Waals surface area (Å²) in [4.78, 5) is 15.4. The largest absolute Gasteiger partial charge is 0.333 e. The van der Waals surface area contributed by atoms with Crippen LogP contribution in [0.25, 0.3) is 0 Å². The van der Waals surface area contributed by atoms with Crippen LogP contribution in [0.3, 0.4) is 0 Å². The highest BCUT2D eigenvalue weighted by atomic mass is 16.5. The number of benzene rings is 1. The smallest absolute Gasteiger partial charge is 0.271 e. The molecule has 0 bridgehead atoms. The predicted octanol–water partition coefficient (Wildman–Crippen LogP) is 2.35. The Morgan fingerprint density at radius 1 is 1.42 bits per heavy atom. The fourth-order valence-corrected chi connectivity index (χ4v) is 2.34. The van der Waals surface area contributed by atoms with E-state index in [1.165, 1.54) is 0 Å². The molecule has 0 radical (unpaired) electrons. The second-order valence-corrected chi connectivity index (χ2v) is 4.84. The number of nitrogens with zero attached hydrogens (tertiary/aromatic N) is 2. The van der Waals surface area contributed by atoms with Crippen molar-refractivity contribution in [2.24, 2.45) is 0 Å². The first-order valence-corrected chi connectivity index (χ1v) is 6.12. The highest BCUT2D eigenvalue weighted by molar-refractivity contribution is 5.91. The summed E-state index contributed by atoms with van der Waals surface area (Å²) >= 11 is 0. The molecule has 1 aromatic heterocycles. The van der Waals surface area contributed by atoms with Crippen molar-refractivity contribution in [3.63, 3.8) is 0 Å². The van der Waals surface area contributed by atoms with Gasteiger partial charge in [0.2, 0.25) is 0 Å². The minimum atomic E-state index is -0.311. The van der Waals surface area contributed by atoms with E-state index in [1.807, 2.05) is 18.2 Å². The Hall–Kier alpha value is -2.30. The van der Waals surface area contributed by atoms with Crippen molar-refractivity contribution in [3.05, 3.63) is 47.1 Å². The van der Waals surface area contributed by atoms with Gasteiger partial charge in [0, 0.05) is 5.56 Å². The van der Waals surface area contributed by atoms with Gasteiger partial charge in [0.15, 0.2) is 5.82 Å². The van der Waals surface area contributed by atoms with Crippen LogP contribution in [0.4, 0.5) is 0 Å². The van der Waals surface area contributed by atoms with Crippen LogP contribution in [0.1, 0.15) is 47.4 Å². The van der Waals surface area contributed by atoms with Crippen LogP contribution in [0.5, 0.6) is 0 Å². The Balaban J connectivity index is 2.07. The molecule has 5 heteroatoms. The fraction of sp³-hybridized carbons (Fsp3) is 0.286. The van der Waals surface area contributed by atoms with E-state index < -0.39 is 0 Å². The molecule has 1 heterocycles. The molecule has 1 fully saturated rings. The van der Waals surface area contributed by atoms with Gasteiger partial charge in [0.1, 0.15) is 6.29 Å². The molecule has 0 spiro atoms. The second kappa shape index (κ2) is 4.12. The van der Waals surface area contributed by atoms with Crippen LogP contribution < -0.4 is 0 Å². The molecule has 0 amide bonds. The average Bonchev–Trinajstić information content (AvgIpc) is 3.08. The first-order valence-electron chi connectivity index (χ1n) is 6.12. The SMILES string of the molecule is CC(=N)c1nc(C2(c3ccccc3C=O)CC2)no1. The quantitative estimate of drug-likeness (QED) is 0.671. The van der Waals surface area contributed by atoms with Crippen LogP contribution in [0, 0.1) is 5.41 Å². The van der Waals surface area contributed by atoms with Crippen molar-refractivity contribution < 1.29 is 9.32 Å². The molecule has 1 aromatic carbocycles. The van der Waals surface area contributed by atoms with Crippen molar-refractivity contribution in [2.45, 2.75) is 25.2 Å². The molecule has 19 heavy (non-hydrogen) atoms. The number of hydrogen-bond donors (Lipinski definition) is 1. The maximum Gasteiger partial charge on any atom is 0.271 e. The Bertz CT molecular complexity index is 656. The van der Waals surface area contributed by atoms with Crippen molar-refractivity contribution in [1.82, 2.24) is 10.1 Å². The lowest BCUT2D eigenvalue weighted by atomic mass is 9.91. The molecule has 3 rings (SSSR count). The van der Waals surface area contributed by atoms with Gasteiger partial charge in [-0.1, -0.05) is 29.4 Å². The van der Waals surface area contributed by atoms with Crippen molar-refractivity contribution in [3.8, 4) is 0 Å². The first kappa shape index (κ1) is 11.8. The minimum Gasteiger partial charge on any atom is -0.333 e. The minimum absolute atomic E-state index is 0.241. The van der Waals surface area contributed by atoms with Crippen molar-refractivity contribution in [2.75, 3.05) is 0 Å². The number of carbonyl (C=O) groups is 1. The summed E-state index contributed by atoms with van der Waals surface area (Å²) < 4.78 is 5.07. The van der Waals surface area contributed by atoms with Crippen molar-refractivity contribution >= 4 is 12.0 Å². The van der Waals surface area contributed by atoms with E-state index in [0.717, 1.165) is 24.7 Å². The van der Waals surface area contributed by atoms with Gasteiger partial charge in [-0.3, -0.25) is 10.2 Å². The molecule has 1 aliphatic carbocycles. The van der Waals surface area contributed by atoms with Crippen molar-refractivity contribution in [1.29, 1.82) is 5.41 Å². The summed E-state index contributed by atoms with van der Waals surface area (Å²) in [7, 11) is 0. The van der Waals surface area contributed by atoms with Gasteiger partial charge in [-0.15, -0.1) is 0 Å². The molecule has 1 aliphatic rings. The zero-order chi connectivity index (χ0) is 13.5. The van der Waals surface area contributed by atoms with E-state index in [0.29, 0.717) is 11.4 Å². The van der Waals surface area contributed by atoms with E-state index >= 15 is 0 Å². The van der Waals surface area contributed by atoms with Gasteiger partial charge >= 0.3 is 0 Å². The third-order valence-electron chi connectivity index (χ3n) is 3.53. The summed E-state index contributed by atoms with van der Waals surface area (Å²) in [5.74, 6) is 0.813. The molecular weight excluding hydrogens is 242 g/mol. The topological polar surface area (TPSA) is 79.8 Å². The van der Waals surface area contributed by atoms with Gasteiger partial charge in [0.25, 0.3) is 5.89 Å². The van der Waals surface area contributed by atoms with Gasteiger partial charge in [-0.05, 0) is 25.3 Å². The summed E-state index contributed by atoms with van der Waals surface area (Å²) in [6.45, 7) is 1.61. The number of carbonyl (C=O) groups excluding carboxylic acids is 1. The van der Waals surface area contributed by atoms with E-state index in [4.69, 9.17) is 9.93 Å². The Labute approximate surface area is 110 Å². The number of aldehydes is 1. The normalized spacial score (nSPS) is 16.1. The van der Waals surface area contributed by atoms with Crippen LogP contribution in [-0.4, -0.2) is 22.1 Å². The molecule has 1 saturated carbocycles. The highest BCUT2D eigenvalue weighted by Crippen LogP contribution is 2.53. The molecule has 0 unspecified atom stereocenters. The van der Waals surface area contributed by atoms with Crippen LogP contribution in [0.15, 0.2) is 28.8 Å². The lowest BCUT2D eigenvalue weighted by Gasteiger charge is -2.13. The van der Waals surface area contributed by atoms with Crippen LogP contribution in [0.2, 0.25) is 0 Å². The Kier molecular flexibility index (Phi) is 2.55. The standard InChI is InChI=1S/C14H13N3O2/c1-9(15)12-16-13(17-19-12)14(6-7-14)11-5-3-2-4-10(11)8-18/h2-5,8,15H,6-7H2,1H3. The predicted molar refractivity (Wildman–Crippen MR) is 68.6 cm³/mol. The number of rotatable bonds is 4. The molecule has 0 saturated heterocycles. The maximum absolute atomic E-state index is 11.1. The highest BCUT2D eigenvalue weighted by Gasteiger charge is 2.51. The van der Waals surface area contributed by atoms with E-state index in [9.17, 15) is 4.79 Å². The molecule has 0 aliphatic heterocycles. The molecule has 2 aromatic rings. The first-order chi connectivity index (χ1) is 9.17. The zero-order valence-electron chi connectivity index (χ0n) is 10.5. The summed E-state index contributed by atoms with van der Waals surface area (Å²) in [6.07, 6.45) is 2.65. The molecule has 0 atom stereocenters. The lowest BCUT2D eigenvalue weighted by Crippen LogP contribution is -2.13. The monoisotopic (exact) mass is 255 g/mol. The van der Waals surface area contributed by atoms with E-state index in [2.05, 4.69) is 10.1 Å². The number of aromatic nitrogens is 2. The third-order valence-corrected chi connectivity index (χ3v) is 3.53. The van der Waals surface area contributed by atoms with E-state index in [-0.39, 0.29) is 17.0 Å². The van der Waals surface area contributed by atoms with Crippen LogP contribution in [-0.2, 0) is 5.41 Å². The summed E-state index contributed by atoms with van der Waals surface area (Å²) in [5, 5.41) is 11.5. The maximum atomic E-state index is 11.1. The number of nitrogens with one attached hydrogen (secondary N) is 1. The summed E-state index contributed by atoms with van der Waals surface area (Å²) in [6, 6.07) is 7.48. The molecule has 1 N–H and O–H groups in total. The van der Waals surface area contributed by atoms with E-state index in [1.54, 1.807) is 13.0 Å². The van der Waals surface area contributed by atoms with Crippen LogP contribution >= 0.6 is 0 Å². The fourth-order valence-electron chi connectivity index (χ4n) is 2.34. The average molecular weight is 255 g/mol. The molecule has 5 nitrogen and oxygen atoms in total. The Morgan fingerprint density at radius 3 is 2.74 bits per heavy atom. The Morgan fingerprint density at radius 2 is 2.16 bits per heavy atom. The van der Waals surface area contributed by atoms with Gasteiger partial charge < -0.3 is 4.52 Å². The van der Waals surface area contributed by atoms with Gasteiger partial charge in [0.05, 0.1) is 11.1 Å². The zero-order valence-corrected chi connectivity index (χ0v) is 10.5. The second-order valence-electron chi connectivity index (χ2n) is 4.84. The van der Waals surface area contributed by atoms with Gasteiger partial charge in [-0.2, -0.15) is 4.98 Å². The lowest BCUT2D eigenvalue weighted by molar-refractivity contribution is 0.112. The molecular formula is C14H13N3O2.